The lowest BCUT2D eigenvalue weighted by molar-refractivity contribution is -0.208. The molecule has 9 aliphatic rings. The van der Waals surface area contributed by atoms with Crippen LogP contribution in [-0.2, 0) is 15.9 Å². The van der Waals surface area contributed by atoms with Crippen molar-refractivity contribution in [2.45, 2.75) is 125 Å². The number of rotatable bonds is 10. The number of aliphatic hydroxyl groups is 2. The van der Waals surface area contributed by atoms with Gasteiger partial charge < -0.3 is 54.0 Å². The van der Waals surface area contributed by atoms with Crippen molar-refractivity contribution >= 4 is 10.8 Å². The van der Waals surface area contributed by atoms with Gasteiger partial charge in [-0.2, -0.15) is 0 Å². The highest BCUT2D eigenvalue weighted by molar-refractivity contribution is 5.96. The predicted molar refractivity (Wildman–Crippen MR) is 282 cm³/mol. The van der Waals surface area contributed by atoms with Crippen molar-refractivity contribution in [1.82, 2.24) is 10.6 Å². The number of fused-ring (bicyclic) bond motifs is 6. The molecule has 392 valence electrons. The molecule has 4 aliphatic heterocycles. The Hall–Kier alpha value is -5.98. The van der Waals surface area contributed by atoms with E-state index in [1.54, 1.807) is 49.6 Å². The molecule has 14 rings (SSSR count). The molecule has 13 heteroatoms. The van der Waals surface area contributed by atoms with Gasteiger partial charge in [-0.3, -0.25) is 10.6 Å². The van der Waals surface area contributed by atoms with Crippen LogP contribution < -0.4 is 29.6 Å². The topological polar surface area (TPSA) is 181 Å². The fourth-order valence-electron chi connectivity index (χ4n) is 14.8. The summed E-state index contributed by atoms with van der Waals surface area (Å²) in [5.74, 6) is 8.09. The van der Waals surface area contributed by atoms with Crippen molar-refractivity contribution in [3.05, 3.63) is 113 Å². The van der Waals surface area contributed by atoms with Gasteiger partial charge in [0.25, 0.3) is 0 Å². The number of methoxy groups -OCH3 is 1. The number of phenolic OH excluding ortho intramolecular Hbond substituents is 3. The number of nitrogens with one attached hydrogen (secondary N) is 2. The summed E-state index contributed by atoms with van der Waals surface area (Å²) in [6, 6.07) is 23.6. The molecule has 75 heavy (non-hydrogen) atoms. The van der Waals surface area contributed by atoms with Crippen LogP contribution in [0.25, 0.3) is 21.9 Å². The van der Waals surface area contributed by atoms with Crippen LogP contribution in [-0.4, -0.2) is 94.6 Å². The molecular formula is C62H68N2O11. The van der Waals surface area contributed by atoms with Gasteiger partial charge in [-0.1, -0.05) is 55.0 Å². The average molecular weight is 1020 g/mol. The van der Waals surface area contributed by atoms with Crippen LogP contribution in [0.4, 0.5) is 0 Å². The minimum atomic E-state index is -1.08. The number of hydrogen-bond acceptors (Lipinski definition) is 13. The zero-order chi connectivity index (χ0) is 51.0. The van der Waals surface area contributed by atoms with Crippen molar-refractivity contribution in [1.29, 1.82) is 0 Å². The number of aliphatic hydroxyl groups excluding tert-OH is 2. The Morgan fingerprint density at radius 2 is 1.64 bits per heavy atom. The average Bonchev–Trinajstić information content (AvgIpc) is 4.13. The fraction of sp³-hybridized carbons (Fsp3) is 0.484. The largest absolute Gasteiger partial charge is 0.508 e. The van der Waals surface area contributed by atoms with Gasteiger partial charge in [-0.05, 0) is 135 Å². The minimum Gasteiger partial charge on any atom is -0.508 e. The summed E-state index contributed by atoms with van der Waals surface area (Å²) in [6.45, 7) is 1.39. The highest BCUT2D eigenvalue weighted by atomic mass is 16.5. The molecule has 5 aromatic rings. The highest BCUT2D eigenvalue weighted by Gasteiger charge is 2.65. The summed E-state index contributed by atoms with van der Waals surface area (Å²) >= 11 is 0. The normalized spacial score (nSPS) is 31.1. The van der Waals surface area contributed by atoms with Crippen molar-refractivity contribution in [3.8, 4) is 63.2 Å². The Kier molecular flexibility index (Phi) is 12.7. The second-order valence-corrected chi connectivity index (χ2v) is 22.6. The maximum atomic E-state index is 13.5. The van der Waals surface area contributed by atoms with E-state index in [4.69, 9.17) is 28.4 Å². The third-order valence-corrected chi connectivity index (χ3v) is 18.2. The van der Waals surface area contributed by atoms with Gasteiger partial charge in [0.15, 0.2) is 0 Å². The highest BCUT2D eigenvalue weighted by Crippen LogP contribution is 2.59. The molecule has 7 N–H and O–H groups in total. The van der Waals surface area contributed by atoms with E-state index >= 15 is 0 Å². The Bertz CT molecular complexity index is 3080. The molecule has 4 fully saturated rings. The first-order valence-corrected chi connectivity index (χ1v) is 27.5. The molecule has 2 spiro atoms. The van der Waals surface area contributed by atoms with Gasteiger partial charge in [-0.15, -0.1) is 0 Å². The molecule has 3 saturated carbocycles. The summed E-state index contributed by atoms with van der Waals surface area (Å²) in [6.07, 6.45) is 11.4. The van der Waals surface area contributed by atoms with Crippen LogP contribution in [0.5, 0.6) is 40.2 Å². The van der Waals surface area contributed by atoms with Crippen LogP contribution in [0, 0.1) is 41.4 Å². The quantitative estimate of drug-likeness (QED) is 0.0400. The van der Waals surface area contributed by atoms with E-state index in [1.165, 1.54) is 0 Å². The fourth-order valence-corrected chi connectivity index (χ4v) is 14.8. The van der Waals surface area contributed by atoms with Gasteiger partial charge >= 0.3 is 0 Å². The lowest BCUT2D eigenvalue weighted by atomic mass is 9.55. The maximum absolute atomic E-state index is 13.5. The van der Waals surface area contributed by atoms with Gasteiger partial charge in [0.05, 0.1) is 54.2 Å². The number of benzene rings is 5. The summed E-state index contributed by atoms with van der Waals surface area (Å²) in [5, 5.41) is 67.6. The molecule has 0 radical (unpaired) electrons. The first-order chi connectivity index (χ1) is 36.6. The summed E-state index contributed by atoms with van der Waals surface area (Å²) in [4.78, 5) is 0. The van der Waals surface area contributed by atoms with E-state index in [9.17, 15) is 25.5 Å². The number of aromatic hydroxyl groups is 3. The molecule has 11 unspecified atom stereocenters. The van der Waals surface area contributed by atoms with Gasteiger partial charge in [-0.25, -0.2) is 0 Å². The Balaban J connectivity index is 0.971. The zero-order valence-electron chi connectivity index (χ0n) is 42.5. The van der Waals surface area contributed by atoms with Crippen LogP contribution in [0.2, 0.25) is 0 Å². The second kappa shape index (κ2) is 19.5. The zero-order valence-corrected chi connectivity index (χ0v) is 42.5. The van der Waals surface area contributed by atoms with Gasteiger partial charge in [0.1, 0.15) is 53.0 Å². The second-order valence-electron chi connectivity index (χ2n) is 22.6. The van der Waals surface area contributed by atoms with E-state index in [-0.39, 0.29) is 60.0 Å². The van der Waals surface area contributed by atoms with Gasteiger partial charge in [0, 0.05) is 77.8 Å². The Labute approximate surface area is 438 Å². The standard InChI is InChI=1S/C62H68N2O11/c1-70-23-8-14-53-55(51-34-72-57-37(28-44(31-49(57)56(51)69)73-43-12-2-3-13-43)25-36-27-41(66)16-19-45(36)35-9-6-11-40(65)26-35)59-50-32-54(48-30-42(67)17-20-46(48)58(50)74-53)71-24-7-10-39-33-63-61(21-4-5-22-61)64-62(39)38-15-18-47(52(68)29-38)60(62)75-59/h6,9,11,15-20,26-28,30-32,38-39,43,47,51-53,55-56,59-60,63-69H,2-5,8,12-14,21-25,29,33-34H2,1H3. The minimum absolute atomic E-state index is 0.0335. The van der Waals surface area contributed by atoms with E-state index in [2.05, 4.69) is 34.6 Å². The van der Waals surface area contributed by atoms with Crippen molar-refractivity contribution in [3.63, 3.8) is 0 Å². The summed E-state index contributed by atoms with van der Waals surface area (Å²) in [7, 11) is 1.70. The molecule has 0 amide bonds. The lowest BCUT2D eigenvalue weighted by Gasteiger charge is -2.64. The number of hydrogen-bond donors (Lipinski definition) is 7. The third kappa shape index (κ3) is 8.57. The maximum Gasteiger partial charge on any atom is 0.149 e. The number of ether oxygens (including phenoxy) is 6. The predicted octanol–water partition coefficient (Wildman–Crippen LogP) is 9.29. The van der Waals surface area contributed by atoms with Crippen molar-refractivity contribution in [2.24, 2.45) is 29.6 Å². The molecule has 0 aromatic heterocycles. The smallest absolute Gasteiger partial charge is 0.149 e. The summed E-state index contributed by atoms with van der Waals surface area (Å²) in [5.41, 5.74) is 3.65. The molecule has 5 aromatic carbocycles. The molecule has 5 aliphatic carbocycles. The summed E-state index contributed by atoms with van der Waals surface area (Å²) < 4.78 is 41.7. The van der Waals surface area contributed by atoms with Gasteiger partial charge in [0.2, 0.25) is 0 Å². The first kappa shape index (κ1) is 48.6. The van der Waals surface area contributed by atoms with E-state index in [0.29, 0.717) is 72.8 Å². The van der Waals surface area contributed by atoms with E-state index in [1.807, 2.05) is 36.4 Å². The Morgan fingerprint density at radius 3 is 2.47 bits per heavy atom. The SMILES string of the molecule is COCCCC1Oc2c3cc(c4cc(O)ccc24)OCC#CC2CNC4(CCCC4)NC24C2C=CC(C(O)C2)C4OC3C1C1COc2c(Cc3cc(O)ccc3-c3cccc(O)c3)cc(OC3CCCC3)cc2C1O. The van der Waals surface area contributed by atoms with Crippen LogP contribution >= 0.6 is 0 Å². The lowest BCUT2D eigenvalue weighted by Crippen LogP contribution is -2.81. The van der Waals surface area contributed by atoms with Crippen molar-refractivity contribution in [2.75, 3.05) is 33.5 Å². The molecule has 13 nitrogen and oxygen atoms in total. The molecular weight excluding hydrogens is 949 g/mol. The van der Waals surface area contributed by atoms with E-state index < -0.39 is 47.9 Å². The third-order valence-electron chi connectivity index (χ3n) is 18.2. The Morgan fingerprint density at radius 1 is 0.813 bits per heavy atom. The first-order valence-electron chi connectivity index (χ1n) is 27.5. The van der Waals surface area contributed by atoms with Crippen LogP contribution in [0.15, 0.2) is 91.0 Å². The van der Waals surface area contributed by atoms with Crippen LogP contribution in [0.1, 0.15) is 105 Å². The molecule has 1 saturated heterocycles. The molecule has 4 bridgehead atoms. The molecule has 11 atom stereocenters. The van der Waals surface area contributed by atoms with E-state index in [0.717, 1.165) is 84.6 Å². The number of phenols is 3. The monoisotopic (exact) mass is 1020 g/mol. The van der Waals surface area contributed by atoms with Crippen LogP contribution in [0.3, 0.4) is 0 Å². The molecule has 4 heterocycles. The van der Waals surface area contributed by atoms with Crippen molar-refractivity contribution < 1.29 is 54.0 Å².